The standard InChI is InChI=1S/C20H30N6/c1-4-11-20(2)12-8-13-25(15-20)19(21-3)22-14-18-24-23-16-26(18)17-9-6-5-7-10-17/h5-7,9-10,16H,4,8,11-15H2,1-3H3,(H,21,22). The van der Waals surface area contributed by atoms with Crippen LogP contribution < -0.4 is 5.32 Å². The molecule has 0 spiro atoms. The van der Waals surface area contributed by atoms with Gasteiger partial charge in [-0.25, -0.2) is 0 Å². The van der Waals surface area contributed by atoms with E-state index in [-0.39, 0.29) is 0 Å². The van der Waals surface area contributed by atoms with E-state index in [4.69, 9.17) is 0 Å². The molecule has 1 N–H and O–H groups in total. The van der Waals surface area contributed by atoms with Gasteiger partial charge >= 0.3 is 0 Å². The maximum atomic E-state index is 4.51. The van der Waals surface area contributed by atoms with Gasteiger partial charge in [0.15, 0.2) is 11.8 Å². The van der Waals surface area contributed by atoms with Crippen molar-refractivity contribution in [1.82, 2.24) is 25.0 Å². The Hall–Kier alpha value is -2.37. The van der Waals surface area contributed by atoms with Gasteiger partial charge in [0.05, 0.1) is 6.54 Å². The van der Waals surface area contributed by atoms with Gasteiger partial charge in [-0.1, -0.05) is 38.5 Å². The fourth-order valence-electron chi connectivity index (χ4n) is 3.98. The highest BCUT2D eigenvalue weighted by Crippen LogP contribution is 2.33. The number of hydrogen-bond acceptors (Lipinski definition) is 3. The Kier molecular flexibility index (Phi) is 5.91. The monoisotopic (exact) mass is 354 g/mol. The second-order valence-electron chi connectivity index (χ2n) is 7.44. The Balaban J connectivity index is 1.66. The van der Waals surface area contributed by atoms with Gasteiger partial charge in [-0.15, -0.1) is 10.2 Å². The Bertz CT molecular complexity index is 719. The van der Waals surface area contributed by atoms with Crippen LogP contribution in [0, 0.1) is 5.41 Å². The maximum absolute atomic E-state index is 4.51. The summed E-state index contributed by atoms with van der Waals surface area (Å²) in [5, 5.41) is 11.8. The molecule has 0 aliphatic carbocycles. The highest BCUT2D eigenvalue weighted by atomic mass is 15.3. The predicted octanol–water partition coefficient (Wildman–Crippen LogP) is 3.24. The molecule has 0 saturated carbocycles. The lowest BCUT2D eigenvalue weighted by molar-refractivity contribution is 0.142. The quantitative estimate of drug-likeness (QED) is 0.661. The van der Waals surface area contributed by atoms with Crippen molar-refractivity contribution in [3.8, 4) is 5.69 Å². The van der Waals surface area contributed by atoms with Crippen molar-refractivity contribution in [2.24, 2.45) is 10.4 Å². The Morgan fingerprint density at radius 2 is 2.12 bits per heavy atom. The first-order chi connectivity index (χ1) is 12.6. The lowest BCUT2D eigenvalue weighted by Crippen LogP contribution is -2.49. The molecule has 1 aromatic heterocycles. The molecule has 1 saturated heterocycles. The molecule has 1 aromatic carbocycles. The van der Waals surface area contributed by atoms with Crippen molar-refractivity contribution in [3.63, 3.8) is 0 Å². The number of aromatic nitrogens is 3. The second-order valence-corrected chi connectivity index (χ2v) is 7.44. The number of nitrogens with one attached hydrogen (secondary N) is 1. The number of rotatable bonds is 5. The SMILES string of the molecule is CCCC1(C)CCCN(C(=NC)NCc2nncn2-c2ccccc2)C1. The molecule has 26 heavy (non-hydrogen) atoms. The van der Waals surface area contributed by atoms with Gasteiger partial charge in [0, 0.05) is 25.8 Å². The average Bonchev–Trinajstić information content (AvgIpc) is 3.12. The van der Waals surface area contributed by atoms with Gasteiger partial charge in [-0.3, -0.25) is 9.56 Å². The normalized spacial score (nSPS) is 21.0. The van der Waals surface area contributed by atoms with E-state index in [0.29, 0.717) is 12.0 Å². The molecule has 1 atom stereocenters. The third-order valence-electron chi connectivity index (χ3n) is 5.20. The molecule has 1 unspecified atom stereocenters. The molecule has 6 nitrogen and oxygen atoms in total. The van der Waals surface area contributed by atoms with Crippen molar-refractivity contribution in [3.05, 3.63) is 42.5 Å². The number of likely N-dealkylation sites (tertiary alicyclic amines) is 1. The molecule has 1 aliphatic heterocycles. The minimum absolute atomic E-state index is 0.384. The van der Waals surface area contributed by atoms with E-state index >= 15 is 0 Å². The van der Waals surface area contributed by atoms with E-state index in [0.717, 1.165) is 30.6 Å². The van der Waals surface area contributed by atoms with Crippen LogP contribution in [0.2, 0.25) is 0 Å². The smallest absolute Gasteiger partial charge is 0.194 e. The zero-order chi connectivity index (χ0) is 18.4. The van der Waals surface area contributed by atoms with E-state index < -0.39 is 0 Å². The summed E-state index contributed by atoms with van der Waals surface area (Å²) < 4.78 is 2.01. The van der Waals surface area contributed by atoms with Gasteiger partial charge in [0.25, 0.3) is 0 Å². The second kappa shape index (κ2) is 8.34. The lowest BCUT2D eigenvalue weighted by Gasteiger charge is -2.42. The van der Waals surface area contributed by atoms with Gasteiger partial charge in [0.1, 0.15) is 6.33 Å². The van der Waals surface area contributed by atoms with Gasteiger partial charge in [0.2, 0.25) is 0 Å². The molecule has 2 heterocycles. The van der Waals surface area contributed by atoms with E-state index in [1.54, 1.807) is 6.33 Å². The Labute approximate surface area is 156 Å². The number of piperidine rings is 1. The van der Waals surface area contributed by atoms with Crippen LogP contribution in [0.4, 0.5) is 0 Å². The molecule has 1 aliphatic rings. The molecular weight excluding hydrogens is 324 g/mol. The Morgan fingerprint density at radius 3 is 2.85 bits per heavy atom. The van der Waals surface area contributed by atoms with E-state index in [1.807, 2.05) is 29.8 Å². The summed E-state index contributed by atoms with van der Waals surface area (Å²) in [6, 6.07) is 10.2. The first kappa shape index (κ1) is 18.4. The molecule has 2 aromatic rings. The van der Waals surface area contributed by atoms with Crippen molar-refractivity contribution in [2.45, 2.75) is 46.1 Å². The van der Waals surface area contributed by atoms with E-state index in [2.05, 4.69) is 51.4 Å². The molecule has 6 heteroatoms. The van der Waals surface area contributed by atoms with Gasteiger partial charge in [-0.05, 0) is 36.8 Å². The van der Waals surface area contributed by atoms with Crippen LogP contribution in [0.5, 0.6) is 0 Å². The van der Waals surface area contributed by atoms with Crippen LogP contribution in [0.15, 0.2) is 41.7 Å². The number of hydrogen-bond donors (Lipinski definition) is 1. The van der Waals surface area contributed by atoms with E-state index in [9.17, 15) is 0 Å². The van der Waals surface area contributed by atoms with Gasteiger partial charge < -0.3 is 10.2 Å². The maximum Gasteiger partial charge on any atom is 0.194 e. The molecule has 0 radical (unpaired) electrons. The molecule has 140 valence electrons. The van der Waals surface area contributed by atoms with Crippen LogP contribution >= 0.6 is 0 Å². The third-order valence-corrected chi connectivity index (χ3v) is 5.20. The topological polar surface area (TPSA) is 58.3 Å². The highest BCUT2D eigenvalue weighted by Gasteiger charge is 2.31. The van der Waals surface area contributed by atoms with E-state index in [1.165, 1.54) is 25.7 Å². The minimum Gasteiger partial charge on any atom is -0.349 e. The zero-order valence-corrected chi connectivity index (χ0v) is 16.1. The van der Waals surface area contributed by atoms with Crippen molar-refractivity contribution in [2.75, 3.05) is 20.1 Å². The van der Waals surface area contributed by atoms with Crippen LogP contribution in [-0.2, 0) is 6.54 Å². The summed E-state index contributed by atoms with van der Waals surface area (Å²) in [6.07, 6.45) is 6.78. The number of nitrogens with zero attached hydrogens (tertiary/aromatic N) is 5. The zero-order valence-electron chi connectivity index (χ0n) is 16.1. The summed E-state index contributed by atoms with van der Waals surface area (Å²) in [4.78, 5) is 6.90. The van der Waals surface area contributed by atoms with Crippen LogP contribution in [0.25, 0.3) is 5.69 Å². The lowest BCUT2D eigenvalue weighted by atomic mass is 9.78. The molecule has 0 bridgehead atoms. The van der Waals surface area contributed by atoms with Crippen molar-refractivity contribution < 1.29 is 0 Å². The number of benzene rings is 1. The summed E-state index contributed by atoms with van der Waals surface area (Å²) in [7, 11) is 1.86. The number of para-hydroxylation sites is 1. The fraction of sp³-hybridized carbons (Fsp3) is 0.550. The first-order valence-corrected chi connectivity index (χ1v) is 9.55. The number of aliphatic imine (C=N–C) groups is 1. The summed E-state index contributed by atoms with van der Waals surface area (Å²) >= 11 is 0. The molecule has 0 amide bonds. The minimum atomic E-state index is 0.384. The van der Waals surface area contributed by atoms with Gasteiger partial charge in [-0.2, -0.15) is 0 Å². The Morgan fingerprint density at radius 1 is 1.31 bits per heavy atom. The van der Waals surface area contributed by atoms with Crippen LogP contribution in [-0.4, -0.2) is 45.8 Å². The predicted molar refractivity (Wildman–Crippen MR) is 105 cm³/mol. The molecular formula is C20H30N6. The largest absolute Gasteiger partial charge is 0.349 e. The molecule has 3 rings (SSSR count). The highest BCUT2D eigenvalue weighted by molar-refractivity contribution is 5.80. The summed E-state index contributed by atoms with van der Waals surface area (Å²) in [5.41, 5.74) is 1.45. The summed E-state index contributed by atoms with van der Waals surface area (Å²) in [5.74, 6) is 1.83. The number of guanidine groups is 1. The van der Waals surface area contributed by atoms with Crippen molar-refractivity contribution >= 4 is 5.96 Å². The first-order valence-electron chi connectivity index (χ1n) is 9.55. The molecule has 1 fully saturated rings. The van der Waals surface area contributed by atoms with Crippen molar-refractivity contribution in [1.29, 1.82) is 0 Å². The average molecular weight is 355 g/mol. The van der Waals surface area contributed by atoms with Crippen LogP contribution in [0.1, 0.15) is 45.4 Å². The fourth-order valence-corrected chi connectivity index (χ4v) is 3.98. The third kappa shape index (κ3) is 4.23. The van der Waals surface area contributed by atoms with Crippen LogP contribution in [0.3, 0.4) is 0 Å². The summed E-state index contributed by atoms with van der Waals surface area (Å²) in [6.45, 7) is 7.40.